The molecule has 4 nitrogen and oxygen atoms in total. The summed E-state index contributed by atoms with van der Waals surface area (Å²) in [6.07, 6.45) is 4.16. The Kier molecular flexibility index (Phi) is 3.21. The molecule has 1 aliphatic rings. The number of nitrogens with zero attached hydrogens (tertiary/aromatic N) is 3. The lowest BCUT2D eigenvalue weighted by molar-refractivity contribution is 0.322. The van der Waals surface area contributed by atoms with Gasteiger partial charge in [-0.3, -0.25) is 5.32 Å². The van der Waals surface area contributed by atoms with Gasteiger partial charge in [0.05, 0.1) is 24.6 Å². The molecule has 0 aromatic carbocycles. The van der Waals surface area contributed by atoms with E-state index in [9.17, 15) is 5.26 Å². The topological polar surface area (TPSA) is 53.6 Å². The monoisotopic (exact) mass is 232 g/mol. The number of imidazole rings is 1. The van der Waals surface area contributed by atoms with Gasteiger partial charge in [0.25, 0.3) is 0 Å². The van der Waals surface area contributed by atoms with E-state index >= 15 is 0 Å². The molecule has 1 aliphatic carbocycles. The summed E-state index contributed by atoms with van der Waals surface area (Å²) in [7, 11) is 0. The maximum atomic E-state index is 9.53. The molecule has 1 saturated carbocycles. The highest BCUT2D eigenvalue weighted by Crippen LogP contribution is 2.40. The molecule has 0 radical (unpaired) electrons. The number of hydrogen-bond acceptors (Lipinski definition) is 3. The first kappa shape index (κ1) is 12.1. The van der Waals surface area contributed by atoms with Crippen molar-refractivity contribution in [2.24, 2.45) is 5.92 Å². The lowest BCUT2D eigenvalue weighted by atomic mass is 9.94. The van der Waals surface area contributed by atoms with Crippen molar-refractivity contribution < 1.29 is 0 Å². The molecule has 2 rings (SSSR count). The van der Waals surface area contributed by atoms with Gasteiger partial charge in [-0.15, -0.1) is 0 Å². The number of likely N-dealkylation sites (N-methyl/N-ethyl adjacent to an activating group) is 1. The van der Waals surface area contributed by atoms with Crippen LogP contribution in [-0.4, -0.2) is 21.6 Å². The Bertz CT molecular complexity index is 439. The molecule has 0 spiro atoms. The minimum absolute atomic E-state index is 0.410. The molecule has 92 valence electrons. The fourth-order valence-electron chi connectivity index (χ4n) is 2.36. The molecule has 1 heterocycles. The number of nitrogens with one attached hydrogen (secondary N) is 1. The molecule has 0 saturated heterocycles. The largest absolute Gasteiger partial charge is 0.332 e. The molecular weight excluding hydrogens is 212 g/mol. The fraction of sp³-hybridized carbons (Fsp3) is 0.692. The second-order valence-electron chi connectivity index (χ2n) is 4.93. The van der Waals surface area contributed by atoms with Crippen molar-refractivity contribution in [2.75, 3.05) is 6.54 Å². The van der Waals surface area contributed by atoms with E-state index < -0.39 is 5.54 Å². The van der Waals surface area contributed by atoms with Crippen LogP contribution in [-0.2, 0) is 6.54 Å². The van der Waals surface area contributed by atoms with Gasteiger partial charge in [-0.05, 0) is 39.2 Å². The van der Waals surface area contributed by atoms with Crippen LogP contribution >= 0.6 is 0 Å². The molecule has 1 atom stereocenters. The molecule has 1 aromatic rings. The Balaban J connectivity index is 2.23. The van der Waals surface area contributed by atoms with E-state index in [2.05, 4.69) is 34.8 Å². The predicted molar refractivity (Wildman–Crippen MR) is 66.4 cm³/mol. The minimum atomic E-state index is -0.410. The van der Waals surface area contributed by atoms with Crippen LogP contribution in [0.15, 0.2) is 6.33 Å². The van der Waals surface area contributed by atoms with Crippen molar-refractivity contribution in [3.8, 4) is 6.07 Å². The summed E-state index contributed by atoms with van der Waals surface area (Å²) >= 11 is 0. The third kappa shape index (κ3) is 2.20. The van der Waals surface area contributed by atoms with E-state index in [0.717, 1.165) is 30.8 Å². The molecule has 0 aliphatic heterocycles. The summed E-state index contributed by atoms with van der Waals surface area (Å²) < 4.78 is 2.10. The highest BCUT2D eigenvalue weighted by Gasteiger charge is 2.45. The predicted octanol–water partition coefficient (Wildman–Crippen LogP) is 1.78. The molecule has 1 unspecified atom stereocenters. The van der Waals surface area contributed by atoms with Crippen LogP contribution in [0.2, 0.25) is 0 Å². The van der Waals surface area contributed by atoms with Gasteiger partial charge in [0, 0.05) is 5.69 Å². The Morgan fingerprint density at radius 2 is 2.29 bits per heavy atom. The summed E-state index contributed by atoms with van der Waals surface area (Å²) in [6.45, 7) is 7.65. The van der Waals surface area contributed by atoms with Gasteiger partial charge in [-0.1, -0.05) is 6.92 Å². The van der Waals surface area contributed by atoms with Crippen LogP contribution in [0, 0.1) is 31.1 Å². The van der Waals surface area contributed by atoms with Crippen LogP contribution in [0.25, 0.3) is 0 Å². The van der Waals surface area contributed by atoms with Crippen LogP contribution in [0.5, 0.6) is 0 Å². The third-order valence-electron chi connectivity index (χ3n) is 3.73. The second kappa shape index (κ2) is 4.50. The van der Waals surface area contributed by atoms with Gasteiger partial charge in [-0.25, -0.2) is 4.98 Å². The Hall–Kier alpha value is -1.34. The standard InChI is InChI=1S/C13H20N4/c1-4-16-13(7-14,12-5-6-12)8-17-9-15-10(2)11(17)3/h9,12,16H,4-6,8H2,1-3H3. The normalized spacial score (nSPS) is 18.7. The summed E-state index contributed by atoms with van der Waals surface area (Å²) in [5.41, 5.74) is 1.79. The van der Waals surface area contributed by atoms with E-state index in [1.807, 2.05) is 13.3 Å². The van der Waals surface area contributed by atoms with Gasteiger partial charge in [0.1, 0.15) is 5.54 Å². The van der Waals surface area contributed by atoms with Crippen molar-refractivity contribution in [3.05, 3.63) is 17.7 Å². The van der Waals surface area contributed by atoms with Crippen molar-refractivity contribution in [2.45, 2.75) is 45.7 Å². The average Bonchev–Trinajstić information content (AvgIpc) is 3.12. The van der Waals surface area contributed by atoms with E-state index in [0.29, 0.717) is 12.5 Å². The summed E-state index contributed by atoms with van der Waals surface area (Å²) in [5, 5.41) is 12.9. The zero-order valence-corrected chi connectivity index (χ0v) is 10.8. The third-order valence-corrected chi connectivity index (χ3v) is 3.73. The number of hydrogen-bond donors (Lipinski definition) is 1. The fourth-order valence-corrected chi connectivity index (χ4v) is 2.36. The number of aromatic nitrogens is 2. The van der Waals surface area contributed by atoms with Gasteiger partial charge >= 0.3 is 0 Å². The van der Waals surface area contributed by atoms with Crippen LogP contribution in [0.1, 0.15) is 31.2 Å². The number of nitriles is 1. The van der Waals surface area contributed by atoms with Crippen molar-refractivity contribution >= 4 is 0 Å². The van der Waals surface area contributed by atoms with E-state index in [1.165, 1.54) is 0 Å². The molecule has 4 heteroatoms. The molecule has 17 heavy (non-hydrogen) atoms. The SMILES string of the molecule is CCNC(C#N)(Cn1cnc(C)c1C)C1CC1. The zero-order chi connectivity index (χ0) is 12.5. The molecule has 1 fully saturated rings. The molecule has 1 N–H and O–H groups in total. The molecule has 0 amide bonds. The maximum Gasteiger partial charge on any atom is 0.127 e. The summed E-state index contributed by atoms with van der Waals surface area (Å²) in [6, 6.07) is 2.50. The van der Waals surface area contributed by atoms with Crippen LogP contribution < -0.4 is 5.32 Å². The summed E-state index contributed by atoms with van der Waals surface area (Å²) in [4.78, 5) is 4.30. The quantitative estimate of drug-likeness (QED) is 0.842. The Labute approximate surface area is 103 Å². The lowest BCUT2D eigenvalue weighted by Gasteiger charge is -2.28. The average molecular weight is 232 g/mol. The lowest BCUT2D eigenvalue weighted by Crippen LogP contribution is -2.49. The zero-order valence-electron chi connectivity index (χ0n) is 10.8. The number of rotatable bonds is 5. The van der Waals surface area contributed by atoms with Gasteiger partial charge < -0.3 is 4.57 Å². The van der Waals surface area contributed by atoms with Crippen molar-refractivity contribution in [1.82, 2.24) is 14.9 Å². The Morgan fingerprint density at radius 3 is 2.71 bits per heavy atom. The van der Waals surface area contributed by atoms with Gasteiger partial charge in [0.2, 0.25) is 0 Å². The van der Waals surface area contributed by atoms with Crippen LogP contribution in [0.4, 0.5) is 0 Å². The summed E-state index contributed by atoms with van der Waals surface area (Å²) in [5.74, 6) is 0.495. The first-order chi connectivity index (χ1) is 8.13. The van der Waals surface area contributed by atoms with Gasteiger partial charge in [-0.2, -0.15) is 5.26 Å². The Morgan fingerprint density at radius 1 is 1.59 bits per heavy atom. The maximum absolute atomic E-state index is 9.53. The van der Waals surface area contributed by atoms with Crippen LogP contribution in [0.3, 0.4) is 0 Å². The molecule has 1 aromatic heterocycles. The van der Waals surface area contributed by atoms with E-state index in [1.54, 1.807) is 0 Å². The van der Waals surface area contributed by atoms with Crippen molar-refractivity contribution in [3.63, 3.8) is 0 Å². The first-order valence-electron chi connectivity index (χ1n) is 6.27. The molecule has 0 bridgehead atoms. The van der Waals surface area contributed by atoms with E-state index in [4.69, 9.17) is 0 Å². The van der Waals surface area contributed by atoms with Gasteiger partial charge in [0.15, 0.2) is 0 Å². The highest BCUT2D eigenvalue weighted by molar-refractivity contribution is 5.18. The smallest absolute Gasteiger partial charge is 0.127 e. The highest BCUT2D eigenvalue weighted by atomic mass is 15.1. The first-order valence-corrected chi connectivity index (χ1v) is 6.27. The second-order valence-corrected chi connectivity index (χ2v) is 4.93. The number of aryl methyl sites for hydroxylation is 1. The molecular formula is C13H20N4. The minimum Gasteiger partial charge on any atom is -0.332 e. The van der Waals surface area contributed by atoms with E-state index in [-0.39, 0.29) is 0 Å². The van der Waals surface area contributed by atoms with Crippen molar-refractivity contribution in [1.29, 1.82) is 5.26 Å².